The number of hydrogen-bond donors (Lipinski definition) is 0. The SMILES string of the molecule is CC1CN(C[Si](C)(C)C)CCCO1. The molecule has 2 nitrogen and oxygen atoms in total. The summed E-state index contributed by atoms with van der Waals surface area (Å²) < 4.78 is 5.62. The summed E-state index contributed by atoms with van der Waals surface area (Å²) in [6.07, 6.45) is 2.95. The zero-order valence-corrected chi connectivity index (χ0v) is 10.5. The minimum Gasteiger partial charge on any atom is -0.377 e. The first-order valence-electron chi connectivity index (χ1n) is 5.31. The Bertz CT molecular complexity index is 155. The highest BCUT2D eigenvalue weighted by Crippen LogP contribution is 2.09. The van der Waals surface area contributed by atoms with E-state index in [4.69, 9.17) is 4.74 Å². The molecule has 0 aromatic carbocycles. The van der Waals surface area contributed by atoms with Gasteiger partial charge in [0.2, 0.25) is 0 Å². The van der Waals surface area contributed by atoms with Gasteiger partial charge in [-0.25, -0.2) is 0 Å². The highest BCUT2D eigenvalue weighted by molar-refractivity contribution is 6.76. The van der Waals surface area contributed by atoms with Crippen LogP contribution in [0.5, 0.6) is 0 Å². The van der Waals surface area contributed by atoms with Crippen molar-refractivity contribution < 1.29 is 4.74 Å². The quantitative estimate of drug-likeness (QED) is 0.633. The summed E-state index contributed by atoms with van der Waals surface area (Å²) in [5, 5.41) is 0. The molecule has 0 amide bonds. The van der Waals surface area contributed by atoms with Gasteiger partial charge in [-0.05, 0) is 19.5 Å². The normalized spacial score (nSPS) is 27.2. The van der Waals surface area contributed by atoms with Crippen LogP contribution in [0.4, 0.5) is 0 Å². The molecule has 0 spiro atoms. The number of ether oxygens (including phenoxy) is 1. The zero-order valence-electron chi connectivity index (χ0n) is 9.47. The van der Waals surface area contributed by atoms with E-state index in [2.05, 4.69) is 31.5 Å². The third kappa shape index (κ3) is 4.79. The Kier molecular flexibility index (Phi) is 3.95. The molecule has 0 aromatic rings. The largest absolute Gasteiger partial charge is 0.377 e. The second kappa shape index (κ2) is 4.58. The Hall–Kier alpha value is 0.137. The van der Waals surface area contributed by atoms with E-state index in [1.165, 1.54) is 19.1 Å². The van der Waals surface area contributed by atoms with Crippen LogP contribution in [0.1, 0.15) is 13.3 Å². The van der Waals surface area contributed by atoms with Crippen LogP contribution in [0, 0.1) is 0 Å². The summed E-state index contributed by atoms with van der Waals surface area (Å²) >= 11 is 0. The molecule has 0 aliphatic carbocycles. The van der Waals surface area contributed by atoms with Crippen molar-refractivity contribution in [2.45, 2.75) is 39.1 Å². The monoisotopic (exact) mass is 201 g/mol. The fourth-order valence-corrected chi connectivity index (χ4v) is 3.52. The van der Waals surface area contributed by atoms with Crippen molar-refractivity contribution in [3.8, 4) is 0 Å². The van der Waals surface area contributed by atoms with Crippen molar-refractivity contribution in [1.82, 2.24) is 4.90 Å². The van der Waals surface area contributed by atoms with Crippen LogP contribution >= 0.6 is 0 Å². The van der Waals surface area contributed by atoms with Crippen LogP contribution in [0.2, 0.25) is 19.6 Å². The van der Waals surface area contributed by atoms with Crippen LogP contribution in [0.3, 0.4) is 0 Å². The molecule has 1 heterocycles. The summed E-state index contributed by atoms with van der Waals surface area (Å²) in [7, 11) is -0.926. The average molecular weight is 201 g/mol. The number of nitrogens with zero attached hydrogens (tertiary/aromatic N) is 1. The predicted molar refractivity (Wildman–Crippen MR) is 59.8 cm³/mol. The Balaban J connectivity index is 2.39. The molecule has 0 saturated carbocycles. The molecule has 1 atom stereocenters. The Morgan fingerprint density at radius 1 is 1.38 bits per heavy atom. The first-order chi connectivity index (χ1) is 5.97. The molecule has 1 rings (SSSR count). The van der Waals surface area contributed by atoms with Gasteiger partial charge in [0, 0.05) is 19.7 Å². The lowest BCUT2D eigenvalue weighted by Crippen LogP contribution is -2.42. The summed E-state index contributed by atoms with van der Waals surface area (Å²) in [6, 6.07) is 0. The maximum Gasteiger partial charge on any atom is 0.0673 e. The van der Waals surface area contributed by atoms with Gasteiger partial charge in [0.15, 0.2) is 0 Å². The average Bonchev–Trinajstić information content (AvgIpc) is 2.10. The molecule has 13 heavy (non-hydrogen) atoms. The van der Waals surface area contributed by atoms with Crippen molar-refractivity contribution in [2.75, 3.05) is 25.9 Å². The molecule has 1 fully saturated rings. The smallest absolute Gasteiger partial charge is 0.0673 e. The number of hydrogen-bond acceptors (Lipinski definition) is 2. The van der Waals surface area contributed by atoms with Crippen LogP contribution in [0.15, 0.2) is 0 Å². The highest BCUT2D eigenvalue weighted by atomic mass is 28.3. The fraction of sp³-hybridized carbons (Fsp3) is 1.00. The van der Waals surface area contributed by atoms with Gasteiger partial charge in [0.05, 0.1) is 14.2 Å². The minimum absolute atomic E-state index is 0.429. The minimum atomic E-state index is -0.926. The van der Waals surface area contributed by atoms with E-state index in [-0.39, 0.29) is 0 Å². The van der Waals surface area contributed by atoms with Gasteiger partial charge in [0.25, 0.3) is 0 Å². The Labute approximate surface area is 83.3 Å². The summed E-state index contributed by atoms with van der Waals surface area (Å²) in [5.41, 5.74) is 0. The van der Waals surface area contributed by atoms with Gasteiger partial charge in [-0.15, -0.1) is 0 Å². The molecule has 0 aromatic heterocycles. The van der Waals surface area contributed by atoms with E-state index < -0.39 is 8.07 Å². The molecule has 1 unspecified atom stereocenters. The lowest BCUT2D eigenvalue weighted by Gasteiger charge is -2.28. The molecular weight excluding hydrogens is 178 g/mol. The summed E-state index contributed by atoms with van der Waals surface area (Å²) in [5.74, 6) is 0. The first kappa shape index (κ1) is 11.2. The van der Waals surface area contributed by atoms with E-state index in [1.807, 2.05) is 0 Å². The molecule has 0 bridgehead atoms. The molecule has 1 aliphatic heterocycles. The van der Waals surface area contributed by atoms with E-state index in [9.17, 15) is 0 Å². The Morgan fingerprint density at radius 2 is 2.08 bits per heavy atom. The standard InChI is InChI=1S/C10H23NOSi/c1-10-8-11(6-5-7-12-10)9-13(2,3)4/h10H,5-9H2,1-4H3. The molecular formula is C10H23NOSi. The number of rotatable bonds is 2. The van der Waals surface area contributed by atoms with Gasteiger partial charge < -0.3 is 9.64 Å². The lowest BCUT2D eigenvalue weighted by atomic mass is 10.4. The van der Waals surface area contributed by atoms with Crippen molar-refractivity contribution in [3.63, 3.8) is 0 Å². The van der Waals surface area contributed by atoms with Crippen molar-refractivity contribution in [2.24, 2.45) is 0 Å². The van der Waals surface area contributed by atoms with E-state index in [1.54, 1.807) is 0 Å². The van der Waals surface area contributed by atoms with E-state index in [0.717, 1.165) is 13.2 Å². The molecule has 1 saturated heterocycles. The second-order valence-corrected chi connectivity index (χ2v) is 10.8. The van der Waals surface area contributed by atoms with Gasteiger partial charge >= 0.3 is 0 Å². The van der Waals surface area contributed by atoms with Crippen LogP contribution < -0.4 is 0 Å². The highest BCUT2D eigenvalue weighted by Gasteiger charge is 2.21. The van der Waals surface area contributed by atoms with Crippen molar-refractivity contribution in [3.05, 3.63) is 0 Å². The summed E-state index contributed by atoms with van der Waals surface area (Å²) in [4.78, 5) is 2.59. The predicted octanol–water partition coefficient (Wildman–Crippen LogP) is 1.97. The van der Waals surface area contributed by atoms with Crippen LogP contribution in [-0.2, 0) is 4.74 Å². The Morgan fingerprint density at radius 3 is 2.69 bits per heavy atom. The second-order valence-electron chi connectivity index (χ2n) is 5.33. The maximum absolute atomic E-state index is 5.62. The molecule has 78 valence electrons. The van der Waals surface area contributed by atoms with Gasteiger partial charge in [-0.1, -0.05) is 19.6 Å². The topological polar surface area (TPSA) is 12.5 Å². The van der Waals surface area contributed by atoms with Crippen molar-refractivity contribution >= 4 is 8.07 Å². The van der Waals surface area contributed by atoms with E-state index >= 15 is 0 Å². The zero-order chi connectivity index (χ0) is 9.90. The van der Waals surface area contributed by atoms with Crippen molar-refractivity contribution in [1.29, 1.82) is 0 Å². The third-order valence-electron chi connectivity index (χ3n) is 2.23. The van der Waals surface area contributed by atoms with Gasteiger partial charge in [-0.3, -0.25) is 0 Å². The van der Waals surface area contributed by atoms with Crippen LogP contribution in [-0.4, -0.2) is 44.9 Å². The first-order valence-corrected chi connectivity index (χ1v) is 9.02. The molecule has 1 aliphatic rings. The lowest BCUT2D eigenvalue weighted by molar-refractivity contribution is 0.0698. The maximum atomic E-state index is 5.62. The van der Waals surface area contributed by atoms with Gasteiger partial charge in [-0.2, -0.15) is 0 Å². The van der Waals surface area contributed by atoms with Gasteiger partial charge in [0.1, 0.15) is 0 Å². The summed E-state index contributed by atoms with van der Waals surface area (Å²) in [6.45, 7) is 12.8. The fourth-order valence-electron chi connectivity index (χ4n) is 1.89. The molecule has 0 radical (unpaired) electrons. The third-order valence-corrected chi connectivity index (χ3v) is 3.63. The van der Waals surface area contributed by atoms with E-state index in [0.29, 0.717) is 6.10 Å². The molecule has 0 N–H and O–H groups in total. The van der Waals surface area contributed by atoms with Crippen LogP contribution in [0.25, 0.3) is 0 Å². The molecule has 3 heteroatoms.